The van der Waals surface area contributed by atoms with E-state index in [1.165, 1.54) is 0 Å². The molecule has 0 bridgehead atoms. The highest BCUT2D eigenvalue weighted by Crippen LogP contribution is 2.13. The van der Waals surface area contributed by atoms with E-state index < -0.39 is 5.60 Å². The number of methoxy groups -OCH3 is 1. The molecular formula is C12H27NO2. The molecule has 0 saturated carbocycles. The van der Waals surface area contributed by atoms with Gasteiger partial charge in [-0.05, 0) is 26.7 Å². The molecule has 0 amide bonds. The molecule has 0 aromatic heterocycles. The van der Waals surface area contributed by atoms with E-state index in [4.69, 9.17) is 4.74 Å². The van der Waals surface area contributed by atoms with Crippen molar-refractivity contribution in [3.05, 3.63) is 0 Å². The zero-order valence-electron chi connectivity index (χ0n) is 10.9. The van der Waals surface area contributed by atoms with E-state index in [1.54, 1.807) is 7.11 Å². The van der Waals surface area contributed by atoms with Crippen molar-refractivity contribution in [1.82, 2.24) is 4.90 Å². The number of nitrogens with zero attached hydrogens (tertiary/aromatic N) is 1. The summed E-state index contributed by atoms with van der Waals surface area (Å²) in [5.74, 6) is 0. The van der Waals surface area contributed by atoms with Crippen LogP contribution in [-0.2, 0) is 4.74 Å². The summed E-state index contributed by atoms with van der Waals surface area (Å²) >= 11 is 0. The van der Waals surface area contributed by atoms with E-state index in [0.717, 1.165) is 26.0 Å². The van der Waals surface area contributed by atoms with Gasteiger partial charge in [0.15, 0.2) is 0 Å². The van der Waals surface area contributed by atoms with Crippen LogP contribution in [0.5, 0.6) is 0 Å². The number of ether oxygens (including phenoxy) is 1. The van der Waals surface area contributed by atoms with E-state index in [0.29, 0.717) is 12.6 Å². The lowest BCUT2D eigenvalue weighted by atomic mass is 10.1. The molecule has 92 valence electrons. The quantitative estimate of drug-likeness (QED) is 0.674. The first-order valence-corrected chi connectivity index (χ1v) is 5.90. The molecule has 15 heavy (non-hydrogen) atoms. The average Bonchev–Trinajstić information content (AvgIpc) is 2.13. The lowest BCUT2D eigenvalue weighted by molar-refractivity contribution is 0.00941. The zero-order valence-corrected chi connectivity index (χ0v) is 10.9. The van der Waals surface area contributed by atoms with Crippen LogP contribution in [0.1, 0.15) is 40.5 Å². The van der Waals surface area contributed by atoms with Gasteiger partial charge in [-0.25, -0.2) is 0 Å². The molecule has 3 nitrogen and oxygen atoms in total. The van der Waals surface area contributed by atoms with Gasteiger partial charge in [-0.1, -0.05) is 13.8 Å². The van der Waals surface area contributed by atoms with Crippen molar-refractivity contribution in [3.8, 4) is 0 Å². The van der Waals surface area contributed by atoms with E-state index >= 15 is 0 Å². The molecule has 0 aromatic rings. The van der Waals surface area contributed by atoms with Gasteiger partial charge in [-0.15, -0.1) is 0 Å². The predicted octanol–water partition coefficient (Wildman–Crippen LogP) is 1.89. The molecule has 0 aromatic carbocycles. The largest absolute Gasteiger partial charge is 0.389 e. The molecule has 1 N–H and O–H groups in total. The van der Waals surface area contributed by atoms with Crippen molar-refractivity contribution in [2.45, 2.75) is 52.2 Å². The van der Waals surface area contributed by atoms with E-state index in [9.17, 15) is 5.11 Å². The normalized spacial score (nSPS) is 12.8. The SMILES string of the molecule is CCC(CC)N(CCOC)CC(C)(C)O. The summed E-state index contributed by atoms with van der Waals surface area (Å²) in [5.41, 5.74) is -0.629. The lowest BCUT2D eigenvalue weighted by Gasteiger charge is -2.34. The van der Waals surface area contributed by atoms with Gasteiger partial charge in [0.25, 0.3) is 0 Å². The molecule has 0 aliphatic heterocycles. The highest BCUT2D eigenvalue weighted by Gasteiger charge is 2.22. The van der Waals surface area contributed by atoms with E-state index in [-0.39, 0.29) is 0 Å². The Labute approximate surface area is 94.4 Å². The Morgan fingerprint density at radius 2 is 1.80 bits per heavy atom. The summed E-state index contributed by atoms with van der Waals surface area (Å²) in [7, 11) is 1.72. The van der Waals surface area contributed by atoms with Gasteiger partial charge >= 0.3 is 0 Å². The Hall–Kier alpha value is -0.120. The summed E-state index contributed by atoms with van der Waals surface area (Å²) in [5, 5.41) is 9.84. The molecule has 0 spiro atoms. The van der Waals surface area contributed by atoms with Crippen molar-refractivity contribution in [1.29, 1.82) is 0 Å². The highest BCUT2D eigenvalue weighted by atomic mass is 16.5. The third kappa shape index (κ3) is 6.88. The van der Waals surface area contributed by atoms with Crippen molar-refractivity contribution in [3.63, 3.8) is 0 Å². The van der Waals surface area contributed by atoms with Crippen molar-refractivity contribution < 1.29 is 9.84 Å². The molecule has 0 saturated heterocycles. The minimum absolute atomic E-state index is 0.548. The van der Waals surface area contributed by atoms with Crippen LogP contribution in [0.4, 0.5) is 0 Å². The van der Waals surface area contributed by atoms with Crippen LogP contribution < -0.4 is 0 Å². The van der Waals surface area contributed by atoms with Crippen LogP contribution in [0.3, 0.4) is 0 Å². The molecular weight excluding hydrogens is 190 g/mol. The molecule has 0 atom stereocenters. The fourth-order valence-corrected chi connectivity index (χ4v) is 1.90. The summed E-state index contributed by atoms with van der Waals surface area (Å²) in [6.45, 7) is 10.4. The minimum Gasteiger partial charge on any atom is -0.389 e. The Morgan fingerprint density at radius 1 is 1.27 bits per heavy atom. The molecule has 0 unspecified atom stereocenters. The fourth-order valence-electron chi connectivity index (χ4n) is 1.90. The van der Waals surface area contributed by atoms with Gasteiger partial charge in [-0.2, -0.15) is 0 Å². The Morgan fingerprint density at radius 3 is 2.13 bits per heavy atom. The second kappa shape index (κ2) is 7.20. The van der Waals surface area contributed by atoms with Gasteiger partial charge in [0.05, 0.1) is 12.2 Å². The second-order valence-electron chi connectivity index (χ2n) is 4.75. The van der Waals surface area contributed by atoms with Crippen LogP contribution in [0.15, 0.2) is 0 Å². The first kappa shape index (κ1) is 14.9. The topological polar surface area (TPSA) is 32.7 Å². The maximum Gasteiger partial charge on any atom is 0.0718 e. The van der Waals surface area contributed by atoms with Gasteiger partial charge in [-0.3, -0.25) is 4.90 Å². The predicted molar refractivity (Wildman–Crippen MR) is 64.1 cm³/mol. The first-order chi connectivity index (χ1) is 6.94. The Kier molecular flexibility index (Phi) is 7.14. The van der Waals surface area contributed by atoms with Crippen molar-refractivity contribution in [2.24, 2.45) is 0 Å². The monoisotopic (exact) mass is 217 g/mol. The van der Waals surface area contributed by atoms with Gasteiger partial charge in [0.1, 0.15) is 0 Å². The van der Waals surface area contributed by atoms with Crippen molar-refractivity contribution in [2.75, 3.05) is 26.8 Å². The van der Waals surface area contributed by atoms with Crippen LogP contribution in [-0.4, -0.2) is 48.5 Å². The third-order valence-corrected chi connectivity index (χ3v) is 2.63. The highest BCUT2D eigenvalue weighted by molar-refractivity contribution is 4.77. The van der Waals surface area contributed by atoms with E-state index in [2.05, 4.69) is 18.7 Å². The van der Waals surface area contributed by atoms with Gasteiger partial charge in [0.2, 0.25) is 0 Å². The fraction of sp³-hybridized carbons (Fsp3) is 1.00. The standard InChI is InChI=1S/C12H27NO2/c1-6-11(7-2)13(8-9-15-5)10-12(3,4)14/h11,14H,6-10H2,1-5H3. The summed E-state index contributed by atoms with van der Waals surface area (Å²) in [6.07, 6.45) is 2.24. The number of hydrogen-bond donors (Lipinski definition) is 1. The maximum atomic E-state index is 9.84. The zero-order chi connectivity index (χ0) is 11.9. The molecule has 0 aliphatic carbocycles. The smallest absolute Gasteiger partial charge is 0.0718 e. The maximum absolute atomic E-state index is 9.84. The third-order valence-electron chi connectivity index (χ3n) is 2.63. The molecule has 0 fully saturated rings. The first-order valence-electron chi connectivity index (χ1n) is 5.90. The summed E-state index contributed by atoms with van der Waals surface area (Å²) in [6, 6.07) is 0.548. The second-order valence-corrected chi connectivity index (χ2v) is 4.75. The van der Waals surface area contributed by atoms with Crippen LogP contribution in [0, 0.1) is 0 Å². The Balaban J connectivity index is 4.28. The number of aliphatic hydroxyl groups is 1. The average molecular weight is 217 g/mol. The molecule has 0 aliphatic rings. The van der Waals surface area contributed by atoms with Crippen molar-refractivity contribution >= 4 is 0 Å². The molecule has 0 rings (SSSR count). The van der Waals surface area contributed by atoms with E-state index in [1.807, 2.05) is 13.8 Å². The minimum atomic E-state index is -0.629. The van der Waals surface area contributed by atoms with Crippen LogP contribution in [0.25, 0.3) is 0 Å². The summed E-state index contributed by atoms with van der Waals surface area (Å²) in [4.78, 5) is 2.32. The Bertz CT molecular complexity index is 150. The number of hydrogen-bond acceptors (Lipinski definition) is 3. The van der Waals surface area contributed by atoms with Crippen LogP contribution in [0.2, 0.25) is 0 Å². The lowest BCUT2D eigenvalue weighted by Crippen LogP contribution is -2.45. The molecule has 0 radical (unpaired) electrons. The molecule has 0 heterocycles. The van der Waals surface area contributed by atoms with Gasteiger partial charge < -0.3 is 9.84 Å². The van der Waals surface area contributed by atoms with Crippen LogP contribution >= 0.6 is 0 Å². The molecule has 3 heteroatoms. The van der Waals surface area contributed by atoms with Gasteiger partial charge in [0, 0.05) is 26.2 Å². The summed E-state index contributed by atoms with van der Waals surface area (Å²) < 4.78 is 5.10. The number of rotatable bonds is 8.